The SMILES string of the molecule is CC.Pc1ccc[nH]1. The Morgan fingerprint density at radius 1 is 1.50 bits per heavy atom. The molecule has 1 heterocycles. The van der Waals surface area contributed by atoms with E-state index in [-0.39, 0.29) is 0 Å². The van der Waals surface area contributed by atoms with Gasteiger partial charge in [-0.05, 0) is 12.1 Å². The number of rotatable bonds is 0. The lowest BCUT2D eigenvalue weighted by Crippen LogP contribution is -1.83. The summed E-state index contributed by atoms with van der Waals surface area (Å²) in [6, 6.07) is 3.95. The van der Waals surface area contributed by atoms with Gasteiger partial charge >= 0.3 is 0 Å². The highest BCUT2D eigenvalue weighted by Gasteiger charge is 1.72. The van der Waals surface area contributed by atoms with Gasteiger partial charge in [-0.2, -0.15) is 0 Å². The molecule has 8 heavy (non-hydrogen) atoms. The molecule has 0 aromatic carbocycles. The maximum Gasteiger partial charge on any atom is 0.0320 e. The highest BCUT2D eigenvalue weighted by molar-refractivity contribution is 7.26. The first-order valence-electron chi connectivity index (χ1n) is 2.78. The van der Waals surface area contributed by atoms with E-state index in [0.717, 1.165) is 5.44 Å². The Hall–Kier alpha value is -0.290. The largest absolute Gasteiger partial charge is 0.362 e. The van der Waals surface area contributed by atoms with Gasteiger partial charge in [0.25, 0.3) is 0 Å². The topological polar surface area (TPSA) is 15.8 Å². The van der Waals surface area contributed by atoms with Gasteiger partial charge in [-0.3, -0.25) is 0 Å². The van der Waals surface area contributed by atoms with Gasteiger partial charge in [0.15, 0.2) is 0 Å². The number of aromatic nitrogens is 1. The van der Waals surface area contributed by atoms with Crippen molar-refractivity contribution in [2.45, 2.75) is 13.8 Å². The zero-order valence-electron chi connectivity index (χ0n) is 5.31. The molecule has 0 saturated carbocycles. The van der Waals surface area contributed by atoms with Crippen LogP contribution < -0.4 is 5.44 Å². The fraction of sp³-hybridized carbons (Fsp3) is 0.333. The molecule has 1 atom stereocenters. The summed E-state index contributed by atoms with van der Waals surface area (Å²) < 4.78 is 0. The van der Waals surface area contributed by atoms with Crippen LogP contribution in [0.15, 0.2) is 18.3 Å². The van der Waals surface area contributed by atoms with E-state index in [9.17, 15) is 0 Å². The van der Waals surface area contributed by atoms with Crippen LogP contribution in [0.1, 0.15) is 13.8 Å². The highest BCUT2D eigenvalue weighted by Crippen LogP contribution is 1.80. The molecule has 0 aliphatic rings. The van der Waals surface area contributed by atoms with Crippen LogP contribution in [0.4, 0.5) is 0 Å². The molecular formula is C6H12NP. The molecule has 1 aromatic heterocycles. The summed E-state index contributed by atoms with van der Waals surface area (Å²) in [5.74, 6) is 0. The van der Waals surface area contributed by atoms with Gasteiger partial charge < -0.3 is 4.98 Å². The van der Waals surface area contributed by atoms with E-state index < -0.39 is 0 Å². The molecule has 1 nitrogen and oxygen atoms in total. The maximum atomic E-state index is 2.96. The lowest BCUT2D eigenvalue weighted by molar-refractivity contribution is 1.48. The number of H-pyrrole nitrogens is 1. The zero-order valence-corrected chi connectivity index (χ0v) is 6.46. The molecule has 0 amide bonds. The van der Waals surface area contributed by atoms with Crippen LogP contribution in [-0.4, -0.2) is 4.98 Å². The number of hydrogen-bond acceptors (Lipinski definition) is 0. The molecule has 1 unspecified atom stereocenters. The van der Waals surface area contributed by atoms with Crippen molar-refractivity contribution in [3.8, 4) is 0 Å². The lowest BCUT2D eigenvalue weighted by Gasteiger charge is -1.70. The molecule has 0 aliphatic carbocycles. The summed E-state index contributed by atoms with van der Waals surface area (Å²) in [7, 11) is 2.56. The monoisotopic (exact) mass is 129 g/mol. The predicted octanol–water partition coefficient (Wildman–Crippen LogP) is 1.54. The molecular weight excluding hydrogens is 117 g/mol. The second-order valence-electron chi connectivity index (χ2n) is 1.13. The van der Waals surface area contributed by atoms with E-state index in [1.165, 1.54) is 0 Å². The smallest absolute Gasteiger partial charge is 0.0320 e. The second kappa shape index (κ2) is 4.86. The van der Waals surface area contributed by atoms with Crippen LogP contribution in [0.2, 0.25) is 0 Å². The molecule has 2 heteroatoms. The summed E-state index contributed by atoms with van der Waals surface area (Å²) in [5, 5.41) is 0. The summed E-state index contributed by atoms with van der Waals surface area (Å²) in [5.41, 5.74) is 1.13. The van der Waals surface area contributed by atoms with E-state index in [0.29, 0.717) is 0 Å². The van der Waals surface area contributed by atoms with Crippen LogP contribution in [0.25, 0.3) is 0 Å². The Balaban J connectivity index is 0.000000222. The quantitative estimate of drug-likeness (QED) is 0.511. The fourth-order valence-electron chi connectivity index (χ4n) is 0.344. The van der Waals surface area contributed by atoms with Crippen molar-refractivity contribution in [1.29, 1.82) is 0 Å². The maximum absolute atomic E-state index is 2.96. The van der Waals surface area contributed by atoms with E-state index in [1.807, 2.05) is 32.2 Å². The summed E-state index contributed by atoms with van der Waals surface area (Å²) in [6.45, 7) is 4.00. The molecule has 1 N–H and O–H groups in total. The highest BCUT2D eigenvalue weighted by atomic mass is 31.0. The van der Waals surface area contributed by atoms with Crippen molar-refractivity contribution < 1.29 is 0 Å². The van der Waals surface area contributed by atoms with Crippen LogP contribution in [0.5, 0.6) is 0 Å². The minimum absolute atomic E-state index is 1.13. The van der Waals surface area contributed by atoms with Gasteiger partial charge in [0.1, 0.15) is 0 Å². The minimum atomic E-state index is 1.13. The second-order valence-corrected chi connectivity index (χ2v) is 1.75. The molecule has 46 valence electrons. The van der Waals surface area contributed by atoms with Gasteiger partial charge in [-0.25, -0.2) is 0 Å². The minimum Gasteiger partial charge on any atom is -0.362 e. The van der Waals surface area contributed by atoms with Gasteiger partial charge in [-0.15, -0.1) is 0 Å². The van der Waals surface area contributed by atoms with Crippen molar-refractivity contribution in [2.24, 2.45) is 0 Å². The third kappa shape index (κ3) is 2.81. The third-order valence-corrected chi connectivity index (χ3v) is 0.981. The van der Waals surface area contributed by atoms with Crippen molar-refractivity contribution >= 4 is 14.7 Å². The summed E-state index contributed by atoms with van der Waals surface area (Å²) in [6.07, 6.45) is 1.89. The Bertz CT molecular complexity index is 112. The molecule has 0 fully saturated rings. The van der Waals surface area contributed by atoms with Crippen molar-refractivity contribution in [2.75, 3.05) is 0 Å². The average molecular weight is 129 g/mol. The Morgan fingerprint density at radius 2 is 2.12 bits per heavy atom. The first-order valence-corrected chi connectivity index (χ1v) is 3.36. The Morgan fingerprint density at radius 3 is 2.25 bits per heavy atom. The van der Waals surface area contributed by atoms with Crippen LogP contribution in [0.3, 0.4) is 0 Å². The molecule has 0 spiro atoms. The average Bonchev–Trinajstić information content (AvgIpc) is 2.24. The molecule has 0 aliphatic heterocycles. The molecule has 1 aromatic rings. The van der Waals surface area contributed by atoms with Gasteiger partial charge in [0, 0.05) is 11.6 Å². The first-order chi connectivity index (χ1) is 3.89. The van der Waals surface area contributed by atoms with Gasteiger partial charge in [0.05, 0.1) is 0 Å². The van der Waals surface area contributed by atoms with Crippen LogP contribution in [0, 0.1) is 0 Å². The Labute approximate surface area is 52.7 Å². The van der Waals surface area contributed by atoms with Crippen molar-refractivity contribution in [1.82, 2.24) is 4.98 Å². The zero-order chi connectivity index (χ0) is 6.41. The van der Waals surface area contributed by atoms with Crippen molar-refractivity contribution in [3.63, 3.8) is 0 Å². The summed E-state index contributed by atoms with van der Waals surface area (Å²) >= 11 is 0. The lowest BCUT2D eigenvalue weighted by atomic mass is 10.7. The predicted molar refractivity (Wildman–Crippen MR) is 41.5 cm³/mol. The molecule has 0 saturated heterocycles. The fourth-order valence-corrected chi connectivity index (χ4v) is 0.552. The Kier molecular flexibility index (Phi) is 4.68. The number of hydrogen-bond donors (Lipinski definition) is 1. The molecule has 1 rings (SSSR count). The van der Waals surface area contributed by atoms with Gasteiger partial charge in [-0.1, -0.05) is 23.1 Å². The molecule has 0 radical (unpaired) electrons. The van der Waals surface area contributed by atoms with E-state index in [4.69, 9.17) is 0 Å². The third-order valence-electron chi connectivity index (χ3n) is 0.622. The number of nitrogens with one attached hydrogen (secondary N) is 1. The first kappa shape index (κ1) is 7.71. The van der Waals surface area contributed by atoms with Gasteiger partial charge in [0.2, 0.25) is 0 Å². The normalized spacial score (nSPS) is 7.38. The van der Waals surface area contributed by atoms with E-state index in [2.05, 4.69) is 14.2 Å². The molecule has 0 bridgehead atoms. The van der Waals surface area contributed by atoms with E-state index >= 15 is 0 Å². The van der Waals surface area contributed by atoms with E-state index in [1.54, 1.807) is 0 Å². The van der Waals surface area contributed by atoms with Crippen LogP contribution in [-0.2, 0) is 0 Å². The van der Waals surface area contributed by atoms with Crippen molar-refractivity contribution in [3.05, 3.63) is 18.3 Å². The van der Waals surface area contributed by atoms with Crippen LogP contribution >= 0.6 is 9.24 Å². The number of aromatic amines is 1. The standard InChI is InChI=1S/C4H6NP.C2H6/c6-4-2-1-3-5-4;1-2/h1-3,5H,6H2;1-2H3. The summed E-state index contributed by atoms with van der Waals surface area (Å²) in [4.78, 5) is 2.96.